The van der Waals surface area contributed by atoms with E-state index < -0.39 is 5.41 Å². The first-order chi connectivity index (χ1) is 12.8. The molecule has 0 radical (unpaired) electrons. The highest BCUT2D eigenvalue weighted by atomic mass is 35.5. The molecule has 3 rings (SSSR count). The number of aryl methyl sites for hydroxylation is 1. The summed E-state index contributed by atoms with van der Waals surface area (Å²) in [4.78, 5) is 25.7. The van der Waals surface area contributed by atoms with Gasteiger partial charge in [-0.05, 0) is 48.4 Å². The summed E-state index contributed by atoms with van der Waals surface area (Å²) in [5.41, 5.74) is 2.77. The van der Waals surface area contributed by atoms with Gasteiger partial charge in [0.1, 0.15) is 5.41 Å². The summed E-state index contributed by atoms with van der Waals surface area (Å²) < 4.78 is 0. The van der Waals surface area contributed by atoms with Crippen LogP contribution in [0.5, 0.6) is 0 Å². The average Bonchev–Trinajstić information content (AvgIpc) is 3.44. The van der Waals surface area contributed by atoms with Crippen LogP contribution in [0.3, 0.4) is 0 Å². The summed E-state index contributed by atoms with van der Waals surface area (Å²) in [5, 5.41) is 6.51. The van der Waals surface area contributed by atoms with Crippen molar-refractivity contribution in [2.45, 2.75) is 46.1 Å². The number of hydrogen-bond acceptors (Lipinski definition) is 2. The number of anilines is 1. The zero-order chi connectivity index (χ0) is 19.6. The Morgan fingerprint density at radius 1 is 1.07 bits per heavy atom. The topological polar surface area (TPSA) is 58.2 Å². The highest BCUT2D eigenvalue weighted by molar-refractivity contribution is 6.31. The van der Waals surface area contributed by atoms with E-state index in [1.807, 2.05) is 43.3 Å². The Hall–Kier alpha value is -2.33. The van der Waals surface area contributed by atoms with Gasteiger partial charge in [-0.15, -0.1) is 0 Å². The highest BCUT2D eigenvalue weighted by Crippen LogP contribution is 2.47. The van der Waals surface area contributed by atoms with Gasteiger partial charge in [-0.25, -0.2) is 0 Å². The van der Waals surface area contributed by atoms with Gasteiger partial charge in [0.15, 0.2) is 0 Å². The number of halogens is 1. The average molecular weight is 385 g/mol. The van der Waals surface area contributed by atoms with Crippen molar-refractivity contribution in [2.24, 2.45) is 5.41 Å². The quantitative estimate of drug-likeness (QED) is 0.702. The van der Waals surface area contributed by atoms with Crippen molar-refractivity contribution in [3.8, 4) is 0 Å². The number of carbonyl (C=O) groups is 2. The molecule has 5 heteroatoms. The molecule has 0 heterocycles. The molecule has 0 aliphatic heterocycles. The van der Waals surface area contributed by atoms with Gasteiger partial charge in [0, 0.05) is 17.3 Å². The van der Waals surface area contributed by atoms with Gasteiger partial charge in [-0.2, -0.15) is 0 Å². The lowest BCUT2D eigenvalue weighted by Crippen LogP contribution is -2.40. The van der Waals surface area contributed by atoms with Crippen LogP contribution in [-0.2, 0) is 16.1 Å². The van der Waals surface area contributed by atoms with Crippen LogP contribution in [0, 0.1) is 12.3 Å². The van der Waals surface area contributed by atoms with E-state index in [9.17, 15) is 9.59 Å². The Morgan fingerprint density at radius 2 is 1.78 bits per heavy atom. The molecule has 2 aromatic rings. The molecule has 0 unspecified atom stereocenters. The first-order valence-electron chi connectivity index (χ1n) is 9.28. The fourth-order valence-corrected chi connectivity index (χ4v) is 3.45. The molecule has 1 fully saturated rings. The van der Waals surface area contributed by atoms with Crippen LogP contribution in [0.1, 0.15) is 49.3 Å². The maximum Gasteiger partial charge on any atom is 0.240 e. The molecule has 1 aliphatic rings. The van der Waals surface area contributed by atoms with Crippen LogP contribution in [0.2, 0.25) is 5.02 Å². The minimum atomic E-state index is -0.974. The summed E-state index contributed by atoms with van der Waals surface area (Å²) in [7, 11) is 0. The number of hydrogen-bond donors (Lipinski definition) is 2. The first kappa shape index (κ1) is 19.4. The molecule has 2 N–H and O–H groups in total. The third-order valence-electron chi connectivity index (χ3n) is 5.18. The van der Waals surface area contributed by atoms with Gasteiger partial charge in [-0.3, -0.25) is 9.59 Å². The van der Waals surface area contributed by atoms with E-state index in [2.05, 4.69) is 24.5 Å². The number of rotatable bonds is 6. The molecule has 0 aromatic heterocycles. The van der Waals surface area contributed by atoms with Crippen molar-refractivity contribution in [3.05, 3.63) is 64.2 Å². The molecule has 2 aromatic carbocycles. The second-order valence-corrected chi connectivity index (χ2v) is 7.91. The second kappa shape index (κ2) is 7.73. The van der Waals surface area contributed by atoms with Crippen molar-refractivity contribution >= 4 is 29.1 Å². The molecule has 142 valence electrons. The molecule has 0 spiro atoms. The van der Waals surface area contributed by atoms with Gasteiger partial charge in [0.2, 0.25) is 11.8 Å². The largest absolute Gasteiger partial charge is 0.351 e. The summed E-state index contributed by atoms with van der Waals surface area (Å²) >= 11 is 6.14. The van der Waals surface area contributed by atoms with Crippen molar-refractivity contribution in [3.63, 3.8) is 0 Å². The minimum Gasteiger partial charge on any atom is -0.351 e. The lowest BCUT2D eigenvalue weighted by atomic mass is 9.97. The molecular weight excluding hydrogens is 360 g/mol. The molecule has 0 bridgehead atoms. The lowest BCUT2D eigenvalue weighted by Gasteiger charge is -2.20. The number of para-hydroxylation sites is 1. The SMILES string of the molecule is Cc1cccc(C(C)C)c1NC(=O)C1(C(=O)NCc2ccccc2Cl)CC1. The van der Waals surface area contributed by atoms with Crippen LogP contribution in [-0.4, -0.2) is 11.8 Å². The van der Waals surface area contributed by atoms with Crippen LogP contribution in [0.4, 0.5) is 5.69 Å². The van der Waals surface area contributed by atoms with Gasteiger partial charge < -0.3 is 10.6 Å². The molecule has 2 amide bonds. The Morgan fingerprint density at radius 3 is 2.41 bits per heavy atom. The van der Waals surface area contributed by atoms with Crippen LogP contribution >= 0.6 is 11.6 Å². The number of nitrogens with one attached hydrogen (secondary N) is 2. The van der Waals surface area contributed by atoms with Gasteiger partial charge in [0.25, 0.3) is 0 Å². The summed E-state index contributed by atoms with van der Waals surface area (Å²) in [6.45, 7) is 6.47. The third kappa shape index (κ3) is 4.01. The maximum absolute atomic E-state index is 12.9. The van der Waals surface area contributed by atoms with Gasteiger partial charge >= 0.3 is 0 Å². The van der Waals surface area contributed by atoms with Crippen molar-refractivity contribution in [1.29, 1.82) is 0 Å². The smallest absolute Gasteiger partial charge is 0.240 e. The zero-order valence-electron chi connectivity index (χ0n) is 15.9. The fraction of sp³-hybridized carbons (Fsp3) is 0.364. The normalized spacial score (nSPS) is 14.7. The monoisotopic (exact) mass is 384 g/mol. The van der Waals surface area contributed by atoms with E-state index in [-0.39, 0.29) is 17.7 Å². The Kier molecular flexibility index (Phi) is 5.56. The van der Waals surface area contributed by atoms with E-state index in [4.69, 9.17) is 11.6 Å². The van der Waals surface area contributed by atoms with Crippen LogP contribution < -0.4 is 10.6 Å². The predicted molar refractivity (Wildman–Crippen MR) is 109 cm³/mol. The van der Waals surface area contributed by atoms with E-state index in [0.717, 1.165) is 22.4 Å². The fourth-order valence-electron chi connectivity index (χ4n) is 3.24. The number of amides is 2. The third-order valence-corrected chi connectivity index (χ3v) is 5.55. The second-order valence-electron chi connectivity index (χ2n) is 7.50. The molecule has 4 nitrogen and oxygen atoms in total. The maximum atomic E-state index is 12.9. The molecule has 1 aliphatic carbocycles. The van der Waals surface area contributed by atoms with Crippen molar-refractivity contribution in [1.82, 2.24) is 5.32 Å². The number of carbonyl (C=O) groups excluding carboxylic acids is 2. The number of benzene rings is 2. The van der Waals surface area contributed by atoms with E-state index in [0.29, 0.717) is 24.4 Å². The van der Waals surface area contributed by atoms with Crippen LogP contribution in [0.25, 0.3) is 0 Å². The molecule has 27 heavy (non-hydrogen) atoms. The summed E-state index contributed by atoms with van der Waals surface area (Å²) in [6, 6.07) is 13.3. The Labute approximate surface area is 165 Å². The van der Waals surface area contributed by atoms with Gasteiger partial charge in [-0.1, -0.05) is 61.8 Å². The van der Waals surface area contributed by atoms with Crippen LogP contribution in [0.15, 0.2) is 42.5 Å². The van der Waals surface area contributed by atoms with Crippen molar-refractivity contribution < 1.29 is 9.59 Å². The predicted octanol–water partition coefficient (Wildman–Crippen LogP) is 4.81. The zero-order valence-corrected chi connectivity index (χ0v) is 16.7. The Balaban J connectivity index is 1.72. The van der Waals surface area contributed by atoms with Crippen molar-refractivity contribution in [2.75, 3.05) is 5.32 Å². The summed E-state index contributed by atoms with van der Waals surface area (Å²) in [6.07, 6.45) is 1.13. The summed E-state index contributed by atoms with van der Waals surface area (Å²) in [5.74, 6) is -0.181. The highest BCUT2D eigenvalue weighted by Gasteiger charge is 2.56. The van der Waals surface area contributed by atoms with E-state index >= 15 is 0 Å². The van der Waals surface area contributed by atoms with E-state index in [1.54, 1.807) is 6.07 Å². The first-order valence-corrected chi connectivity index (χ1v) is 9.65. The molecule has 1 saturated carbocycles. The molecular formula is C22H25ClN2O2. The lowest BCUT2D eigenvalue weighted by molar-refractivity contribution is -0.134. The standard InChI is InChI=1S/C22H25ClN2O2/c1-14(2)17-9-6-7-15(3)19(17)25-21(27)22(11-12-22)20(26)24-13-16-8-4-5-10-18(16)23/h4-10,14H,11-13H2,1-3H3,(H,24,26)(H,25,27). The minimum absolute atomic E-state index is 0.227. The molecule has 0 saturated heterocycles. The Bertz CT molecular complexity index is 872. The van der Waals surface area contributed by atoms with E-state index in [1.165, 1.54) is 0 Å². The molecule has 0 atom stereocenters. The van der Waals surface area contributed by atoms with Gasteiger partial charge in [0.05, 0.1) is 0 Å².